The van der Waals surface area contributed by atoms with E-state index in [0.717, 1.165) is 0 Å². The first-order chi connectivity index (χ1) is 9.65. The Morgan fingerprint density at radius 3 is 2.57 bits per heavy atom. The van der Waals surface area contributed by atoms with Gasteiger partial charge < -0.3 is 14.6 Å². The second kappa shape index (κ2) is 6.56. The van der Waals surface area contributed by atoms with Crippen molar-refractivity contribution in [3.8, 4) is 0 Å². The van der Waals surface area contributed by atoms with Crippen LogP contribution >= 0.6 is 0 Å². The summed E-state index contributed by atoms with van der Waals surface area (Å²) in [5, 5.41) is 8.67. The molecule has 1 amide bonds. The first kappa shape index (κ1) is 16.9. The van der Waals surface area contributed by atoms with Gasteiger partial charge in [0.25, 0.3) is 5.56 Å². The Bertz CT molecular complexity index is 590. The van der Waals surface area contributed by atoms with Crippen molar-refractivity contribution in [1.82, 2.24) is 9.47 Å². The molecule has 0 atom stereocenters. The molecule has 116 valence electrons. The molecule has 0 bridgehead atoms. The number of carbonyl (C=O) groups is 2. The summed E-state index contributed by atoms with van der Waals surface area (Å²) >= 11 is 0. The van der Waals surface area contributed by atoms with E-state index in [1.807, 2.05) is 0 Å². The number of aliphatic carboxylic acids is 1. The molecule has 6 nitrogen and oxygen atoms in total. The molecule has 1 heterocycles. The molecule has 1 N–H and O–H groups in total. The van der Waals surface area contributed by atoms with Crippen LogP contribution in [-0.4, -0.2) is 40.0 Å². The number of carboxylic acids is 1. The van der Waals surface area contributed by atoms with Gasteiger partial charge in [-0.25, -0.2) is 0 Å². The maximum atomic E-state index is 12.4. The SMILES string of the molecule is Cc1cccn(CC(C)(C)C(=O)N(C)CCC(=O)O)c1=O. The summed E-state index contributed by atoms with van der Waals surface area (Å²) < 4.78 is 1.51. The summed E-state index contributed by atoms with van der Waals surface area (Å²) in [5.41, 5.74) is -0.281. The minimum Gasteiger partial charge on any atom is -0.481 e. The number of aryl methyl sites for hydroxylation is 1. The zero-order valence-corrected chi connectivity index (χ0v) is 12.9. The second-order valence-electron chi connectivity index (χ2n) is 5.88. The molecule has 0 aliphatic heterocycles. The quantitative estimate of drug-likeness (QED) is 0.852. The fraction of sp³-hybridized carbons (Fsp3) is 0.533. The smallest absolute Gasteiger partial charge is 0.305 e. The predicted octanol–water partition coefficient (Wildman–Crippen LogP) is 1.12. The lowest BCUT2D eigenvalue weighted by atomic mass is 9.91. The van der Waals surface area contributed by atoms with Crippen molar-refractivity contribution in [3.05, 3.63) is 34.2 Å². The van der Waals surface area contributed by atoms with Crippen molar-refractivity contribution in [2.24, 2.45) is 5.41 Å². The lowest BCUT2D eigenvalue weighted by Crippen LogP contribution is -2.43. The van der Waals surface area contributed by atoms with Gasteiger partial charge in [-0.05, 0) is 26.8 Å². The third-order valence-corrected chi connectivity index (χ3v) is 3.36. The van der Waals surface area contributed by atoms with Crippen LogP contribution < -0.4 is 5.56 Å². The molecule has 21 heavy (non-hydrogen) atoms. The van der Waals surface area contributed by atoms with Gasteiger partial charge in [-0.1, -0.05) is 6.07 Å². The minimum atomic E-state index is -0.942. The van der Waals surface area contributed by atoms with E-state index in [1.165, 1.54) is 9.47 Å². The van der Waals surface area contributed by atoms with Gasteiger partial charge in [-0.3, -0.25) is 14.4 Å². The van der Waals surface area contributed by atoms with Crippen LogP contribution in [0.15, 0.2) is 23.1 Å². The van der Waals surface area contributed by atoms with E-state index in [1.54, 1.807) is 46.1 Å². The van der Waals surface area contributed by atoms with Crippen LogP contribution in [0.25, 0.3) is 0 Å². The van der Waals surface area contributed by atoms with Crippen LogP contribution in [0.3, 0.4) is 0 Å². The molecule has 0 radical (unpaired) electrons. The normalized spacial score (nSPS) is 11.2. The Morgan fingerprint density at radius 1 is 1.38 bits per heavy atom. The number of rotatable bonds is 6. The first-order valence-electron chi connectivity index (χ1n) is 6.78. The zero-order valence-electron chi connectivity index (χ0n) is 12.9. The van der Waals surface area contributed by atoms with E-state index in [0.29, 0.717) is 5.56 Å². The summed E-state index contributed by atoms with van der Waals surface area (Å²) in [4.78, 5) is 36.4. The number of pyridine rings is 1. The molecule has 0 aliphatic carbocycles. The third kappa shape index (κ3) is 4.44. The van der Waals surface area contributed by atoms with Gasteiger partial charge in [-0.15, -0.1) is 0 Å². The van der Waals surface area contributed by atoms with Crippen molar-refractivity contribution >= 4 is 11.9 Å². The van der Waals surface area contributed by atoms with Gasteiger partial charge in [0.05, 0.1) is 11.8 Å². The Morgan fingerprint density at radius 2 is 2.00 bits per heavy atom. The van der Waals surface area contributed by atoms with E-state index >= 15 is 0 Å². The highest BCUT2D eigenvalue weighted by atomic mass is 16.4. The molecule has 6 heteroatoms. The summed E-state index contributed by atoms with van der Waals surface area (Å²) in [6, 6.07) is 3.50. The number of nitrogens with zero attached hydrogens (tertiary/aromatic N) is 2. The van der Waals surface area contributed by atoms with Gasteiger partial charge in [0.2, 0.25) is 5.91 Å². The molecule has 1 rings (SSSR count). The lowest BCUT2D eigenvalue weighted by molar-refractivity contribution is -0.142. The van der Waals surface area contributed by atoms with Crippen molar-refractivity contribution in [1.29, 1.82) is 0 Å². The molecule has 0 spiro atoms. The topological polar surface area (TPSA) is 79.6 Å². The van der Waals surface area contributed by atoms with Crippen LogP contribution in [0.2, 0.25) is 0 Å². The highest BCUT2D eigenvalue weighted by Crippen LogP contribution is 2.20. The van der Waals surface area contributed by atoms with Crippen LogP contribution in [0.5, 0.6) is 0 Å². The molecule has 0 aromatic carbocycles. The third-order valence-electron chi connectivity index (χ3n) is 3.36. The van der Waals surface area contributed by atoms with E-state index in [2.05, 4.69) is 0 Å². The number of amides is 1. The summed E-state index contributed by atoms with van der Waals surface area (Å²) in [6.45, 7) is 5.64. The van der Waals surface area contributed by atoms with E-state index < -0.39 is 11.4 Å². The maximum absolute atomic E-state index is 12.4. The van der Waals surface area contributed by atoms with Crippen LogP contribution in [0, 0.1) is 12.3 Å². The summed E-state index contributed by atoms with van der Waals surface area (Å²) in [6.07, 6.45) is 1.56. The lowest BCUT2D eigenvalue weighted by Gasteiger charge is -2.29. The van der Waals surface area contributed by atoms with E-state index in [9.17, 15) is 14.4 Å². The fourth-order valence-corrected chi connectivity index (χ4v) is 2.16. The van der Waals surface area contributed by atoms with Gasteiger partial charge >= 0.3 is 5.97 Å². The number of carbonyl (C=O) groups excluding carboxylic acids is 1. The number of aromatic nitrogens is 1. The zero-order chi connectivity index (χ0) is 16.2. The molecule has 1 aromatic rings. The van der Waals surface area contributed by atoms with E-state index in [4.69, 9.17) is 5.11 Å². The molecular formula is C15H22N2O4. The van der Waals surface area contributed by atoms with E-state index in [-0.39, 0.29) is 31.0 Å². The van der Waals surface area contributed by atoms with Crippen LogP contribution in [0.4, 0.5) is 0 Å². The average Bonchev–Trinajstić information content (AvgIpc) is 2.40. The average molecular weight is 294 g/mol. The monoisotopic (exact) mass is 294 g/mol. The number of carboxylic acid groups (broad SMARTS) is 1. The molecule has 0 unspecified atom stereocenters. The predicted molar refractivity (Wildman–Crippen MR) is 79.1 cm³/mol. The molecule has 0 saturated carbocycles. The maximum Gasteiger partial charge on any atom is 0.305 e. The Hall–Kier alpha value is -2.11. The minimum absolute atomic E-state index is 0.0945. The van der Waals surface area contributed by atoms with Gasteiger partial charge in [0, 0.05) is 31.9 Å². The standard InChI is InChI=1S/C15H22N2O4/c1-11-6-5-8-17(13(11)20)10-15(2,3)14(21)16(4)9-7-12(18)19/h5-6,8H,7,9-10H2,1-4H3,(H,18,19). The molecule has 1 aromatic heterocycles. The summed E-state index contributed by atoms with van der Waals surface area (Å²) in [7, 11) is 1.58. The molecular weight excluding hydrogens is 272 g/mol. The highest BCUT2D eigenvalue weighted by Gasteiger charge is 2.31. The largest absolute Gasteiger partial charge is 0.481 e. The Balaban J connectivity index is 2.85. The van der Waals surface area contributed by atoms with Crippen molar-refractivity contribution in [3.63, 3.8) is 0 Å². The summed E-state index contributed by atoms with van der Waals surface area (Å²) in [5.74, 6) is -1.13. The molecule has 0 fully saturated rings. The second-order valence-corrected chi connectivity index (χ2v) is 5.88. The fourth-order valence-electron chi connectivity index (χ4n) is 2.16. The first-order valence-corrected chi connectivity index (χ1v) is 6.78. The Labute approximate surface area is 124 Å². The van der Waals surface area contributed by atoms with Crippen molar-refractivity contribution in [2.75, 3.05) is 13.6 Å². The van der Waals surface area contributed by atoms with Crippen LogP contribution in [-0.2, 0) is 16.1 Å². The van der Waals surface area contributed by atoms with Gasteiger partial charge in [0.1, 0.15) is 0 Å². The van der Waals surface area contributed by atoms with Crippen molar-refractivity contribution in [2.45, 2.75) is 33.7 Å². The van der Waals surface area contributed by atoms with Crippen LogP contribution in [0.1, 0.15) is 25.8 Å². The van der Waals surface area contributed by atoms with Gasteiger partial charge in [-0.2, -0.15) is 0 Å². The molecule has 0 saturated heterocycles. The van der Waals surface area contributed by atoms with Crippen molar-refractivity contribution < 1.29 is 14.7 Å². The Kier molecular flexibility index (Phi) is 5.29. The van der Waals surface area contributed by atoms with Gasteiger partial charge in [0.15, 0.2) is 0 Å². The highest BCUT2D eigenvalue weighted by molar-refractivity contribution is 5.82. The molecule has 0 aliphatic rings. The number of hydrogen-bond acceptors (Lipinski definition) is 3. The number of hydrogen-bond donors (Lipinski definition) is 1.